The average molecular weight is 601 g/mol. The summed E-state index contributed by atoms with van der Waals surface area (Å²) in [6, 6.07) is 12.5. The monoisotopic (exact) mass is 599 g/mol. The number of anilines is 2. The van der Waals surface area contributed by atoms with Gasteiger partial charge in [0.1, 0.15) is 5.82 Å². The molecule has 0 saturated heterocycles. The minimum Gasteiger partial charge on any atom is -0.463 e. The van der Waals surface area contributed by atoms with Crippen molar-refractivity contribution in [3.63, 3.8) is 0 Å². The van der Waals surface area contributed by atoms with E-state index in [0.29, 0.717) is 41.1 Å². The van der Waals surface area contributed by atoms with Crippen LogP contribution in [-0.4, -0.2) is 36.1 Å². The van der Waals surface area contributed by atoms with Crippen LogP contribution in [0, 0.1) is 0 Å². The van der Waals surface area contributed by atoms with E-state index in [2.05, 4.69) is 48.6 Å². The molecule has 4 aromatic rings. The predicted molar refractivity (Wildman–Crippen MR) is 148 cm³/mol. The summed E-state index contributed by atoms with van der Waals surface area (Å²) >= 11 is 6.92. The van der Waals surface area contributed by atoms with Gasteiger partial charge >= 0.3 is 0 Å². The lowest BCUT2D eigenvalue weighted by Crippen LogP contribution is -2.37. The Bertz CT molecular complexity index is 1430. The Morgan fingerprint density at radius 2 is 1.77 bits per heavy atom. The first-order valence-corrected chi connectivity index (χ1v) is 13.3. The van der Waals surface area contributed by atoms with Crippen LogP contribution >= 0.6 is 31.9 Å². The lowest BCUT2D eigenvalue weighted by atomic mass is 9.91. The van der Waals surface area contributed by atoms with Crippen LogP contribution in [0.15, 0.2) is 60.8 Å². The molecule has 1 aliphatic rings. The number of rotatable bonds is 6. The van der Waals surface area contributed by atoms with E-state index in [1.165, 1.54) is 0 Å². The van der Waals surface area contributed by atoms with E-state index in [0.717, 1.165) is 51.3 Å². The van der Waals surface area contributed by atoms with E-state index in [9.17, 15) is 4.79 Å². The number of para-hydroxylation sites is 1. The Balaban J connectivity index is 1.21. The Labute approximate surface area is 220 Å². The van der Waals surface area contributed by atoms with Gasteiger partial charge in [-0.25, -0.2) is 4.98 Å². The molecule has 0 bridgehead atoms. The van der Waals surface area contributed by atoms with Crippen molar-refractivity contribution in [1.29, 1.82) is 0 Å². The quantitative estimate of drug-likeness (QED) is 0.288. The van der Waals surface area contributed by atoms with Gasteiger partial charge in [0.15, 0.2) is 11.0 Å². The zero-order chi connectivity index (χ0) is 24.5. The molecule has 2 aromatic carbocycles. The number of aromatic nitrogens is 2. The van der Waals surface area contributed by atoms with Gasteiger partial charge in [-0.1, -0.05) is 28.1 Å². The van der Waals surface area contributed by atoms with Crippen molar-refractivity contribution in [2.24, 2.45) is 0 Å². The molecule has 2 heterocycles. The third kappa shape index (κ3) is 5.22. The molecule has 0 spiro atoms. The maximum atomic E-state index is 13.0. The molecule has 2 N–H and O–H groups in total. The smallest absolute Gasteiger partial charge is 0.225 e. The fourth-order valence-electron chi connectivity index (χ4n) is 4.67. The topological polar surface area (TPSA) is 83.3 Å². The zero-order valence-corrected chi connectivity index (χ0v) is 22.8. The molecule has 0 amide bonds. The van der Waals surface area contributed by atoms with Crippen LogP contribution < -0.4 is 21.0 Å². The normalized spacial score (nSPS) is 18.2. The van der Waals surface area contributed by atoms with Gasteiger partial charge in [0, 0.05) is 48.1 Å². The Morgan fingerprint density at radius 1 is 1.03 bits per heavy atom. The van der Waals surface area contributed by atoms with Crippen molar-refractivity contribution in [3.05, 3.63) is 67.4 Å². The predicted octanol–water partition coefficient (Wildman–Crippen LogP) is 5.84. The highest BCUT2D eigenvalue weighted by Gasteiger charge is 2.22. The third-order valence-corrected chi connectivity index (χ3v) is 7.56. The molecular weight excluding hydrogens is 574 g/mol. The minimum absolute atomic E-state index is 0.00116. The molecule has 0 unspecified atom stereocenters. The lowest BCUT2D eigenvalue weighted by molar-refractivity contribution is 0.351. The first kappa shape index (κ1) is 24.2. The second-order valence-electron chi connectivity index (χ2n) is 9.21. The van der Waals surface area contributed by atoms with E-state index in [4.69, 9.17) is 14.4 Å². The molecule has 9 heteroatoms. The summed E-state index contributed by atoms with van der Waals surface area (Å²) in [6.07, 6.45) is 5.63. The summed E-state index contributed by atoms with van der Waals surface area (Å²) in [5.41, 5.74) is 2.16. The summed E-state index contributed by atoms with van der Waals surface area (Å²) in [7, 11) is 4.01. The van der Waals surface area contributed by atoms with Crippen LogP contribution in [0.4, 0.5) is 11.8 Å². The summed E-state index contributed by atoms with van der Waals surface area (Å²) in [6.45, 7) is 0.491. The van der Waals surface area contributed by atoms with Crippen LogP contribution in [-0.2, 0) is 6.54 Å². The van der Waals surface area contributed by atoms with E-state index in [1.54, 1.807) is 6.26 Å². The largest absolute Gasteiger partial charge is 0.463 e. The molecule has 2 aromatic heterocycles. The van der Waals surface area contributed by atoms with E-state index >= 15 is 0 Å². The van der Waals surface area contributed by atoms with Crippen molar-refractivity contribution in [2.75, 3.05) is 24.3 Å². The van der Waals surface area contributed by atoms with E-state index in [-0.39, 0.29) is 5.43 Å². The Hall–Kier alpha value is -2.49. The second kappa shape index (κ2) is 10.2. The van der Waals surface area contributed by atoms with Gasteiger partial charge in [0.25, 0.3) is 0 Å². The van der Waals surface area contributed by atoms with Gasteiger partial charge < -0.3 is 20.0 Å². The first-order chi connectivity index (χ1) is 16.9. The van der Waals surface area contributed by atoms with E-state index < -0.39 is 0 Å². The van der Waals surface area contributed by atoms with Gasteiger partial charge in [-0.15, -0.1) is 0 Å². The molecule has 1 aliphatic carbocycles. The molecule has 0 radical (unpaired) electrons. The molecule has 182 valence electrons. The third-order valence-electron chi connectivity index (χ3n) is 6.51. The number of hydrogen-bond acceptors (Lipinski definition) is 7. The van der Waals surface area contributed by atoms with Gasteiger partial charge in [0.05, 0.1) is 21.6 Å². The van der Waals surface area contributed by atoms with E-state index in [1.807, 2.05) is 49.3 Å². The Morgan fingerprint density at radius 3 is 2.54 bits per heavy atom. The van der Waals surface area contributed by atoms with Gasteiger partial charge in [-0.3, -0.25) is 4.79 Å². The van der Waals surface area contributed by atoms with Crippen molar-refractivity contribution in [2.45, 2.75) is 44.3 Å². The molecule has 7 nitrogen and oxygen atoms in total. The molecule has 1 saturated carbocycles. The van der Waals surface area contributed by atoms with Crippen LogP contribution in [0.3, 0.4) is 0 Å². The summed E-state index contributed by atoms with van der Waals surface area (Å²) < 4.78 is 7.36. The highest BCUT2D eigenvalue weighted by Crippen LogP contribution is 2.28. The first-order valence-electron chi connectivity index (χ1n) is 11.7. The number of benzene rings is 2. The maximum Gasteiger partial charge on any atom is 0.225 e. The lowest BCUT2D eigenvalue weighted by Gasteiger charge is -2.30. The van der Waals surface area contributed by atoms with Crippen LogP contribution in [0.5, 0.6) is 0 Å². The van der Waals surface area contributed by atoms with Gasteiger partial charge in [-0.05, 0) is 65.9 Å². The van der Waals surface area contributed by atoms with Crippen LogP contribution in [0.1, 0.15) is 31.2 Å². The average Bonchev–Trinajstić information content (AvgIpc) is 2.84. The number of hydrogen-bond donors (Lipinski definition) is 2. The number of nitrogens with one attached hydrogen (secondary N) is 2. The molecular formula is C26H27Br2N5O2. The molecule has 5 rings (SSSR count). The number of nitrogens with zero attached hydrogens (tertiary/aromatic N) is 3. The molecule has 1 fully saturated rings. The van der Waals surface area contributed by atoms with Gasteiger partial charge in [0.2, 0.25) is 5.95 Å². The van der Waals surface area contributed by atoms with Crippen molar-refractivity contribution in [3.8, 4) is 0 Å². The van der Waals surface area contributed by atoms with Crippen LogP contribution in [0.25, 0.3) is 21.9 Å². The van der Waals surface area contributed by atoms with Crippen LogP contribution in [0.2, 0.25) is 0 Å². The standard InChI is InChI=1S/C26H27Br2N5O2/c1-33(2)25-19-5-3-4-6-22(19)31-26(32-25)30-18-9-7-17(8-10-18)29-13-15-14-35-24-20(23(15)34)11-16(27)12-21(24)28/h3-6,11-12,14,17-18,29H,7-10,13H2,1-2H3,(H,30,31,32)/t17-,18+. The van der Waals surface area contributed by atoms with Gasteiger partial charge in [-0.2, -0.15) is 4.98 Å². The molecule has 0 atom stereocenters. The summed E-state index contributed by atoms with van der Waals surface area (Å²) in [5, 5.41) is 8.73. The summed E-state index contributed by atoms with van der Waals surface area (Å²) in [5.74, 6) is 1.59. The van der Waals surface area contributed by atoms with Crippen molar-refractivity contribution >= 4 is 65.5 Å². The highest BCUT2D eigenvalue weighted by atomic mass is 79.9. The van der Waals surface area contributed by atoms with Crippen molar-refractivity contribution in [1.82, 2.24) is 15.3 Å². The molecule has 35 heavy (non-hydrogen) atoms. The maximum absolute atomic E-state index is 13.0. The fraction of sp³-hybridized carbons (Fsp3) is 0.346. The van der Waals surface area contributed by atoms with Crippen molar-refractivity contribution < 1.29 is 4.42 Å². The zero-order valence-electron chi connectivity index (χ0n) is 19.6. The molecule has 0 aliphatic heterocycles. The Kier molecular flexibility index (Phi) is 7.09. The number of fused-ring (bicyclic) bond motifs is 2. The minimum atomic E-state index is 0.00116. The SMILES string of the molecule is CN(C)c1nc(N[C@H]2CC[C@@H](NCc3coc4c(Br)cc(Br)cc4c3=O)CC2)nc2ccccc12. The number of halogens is 2. The second-order valence-corrected chi connectivity index (χ2v) is 11.0. The summed E-state index contributed by atoms with van der Waals surface area (Å²) in [4.78, 5) is 24.5. The fourth-order valence-corrected chi connectivity index (χ4v) is 5.99. The highest BCUT2D eigenvalue weighted by molar-refractivity contribution is 9.11.